The van der Waals surface area contributed by atoms with Gasteiger partial charge < -0.3 is 5.73 Å². The van der Waals surface area contributed by atoms with Crippen molar-refractivity contribution in [3.05, 3.63) is 114 Å². The molecule has 0 bridgehead atoms. The predicted molar refractivity (Wildman–Crippen MR) is 164 cm³/mol. The monoisotopic (exact) mass is 637 g/mol. The Bertz CT molecular complexity index is 1610. The lowest BCUT2D eigenvalue weighted by atomic mass is 9.73. The maximum absolute atomic E-state index is 13.6. The molecule has 4 nitrogen and oxygen atoms in total. The summed E-state index contributed by atoms with van der Waals surface area (Å²) in [4.78, 5) is 16.4. The van der Waals surface area contributed by atoms with E-state index in [2.05, 4.69) is 41.1 Å². The van der Waals surface area contributed by atoms with E-state index in [9.17, 15) is 10.1 Å². The minimum Gasteiger partial charge on any atom is -0.384 e. The minimum absolute atomic E-state index is 0.0705. The Hall–Kier alpha value is -2.69. The van der Waals surface area contributed by atoms with Crippen molar-refractivity contribution in [2.45, 2.75) is 49.7 Å². The van der Waals surface area contributed by atoms with Gasteiger partial charge in [-0.3, -0.25) is 9.69 Å². The number of Topliss-reactive ketones (excluding diaryl/α,β-unsaturated/α-hetero) is 1. The lowest BCUT2D eigenvalue weighted by molar-refractivity contribution is -0.116. The van der Waals surface area contributed by atoms with Crippen molar-refractivity contribution in [1.82, 2.24) is 0 Å². The number of hydrogen-bond acceptors (Lipinski definition) is 5. The highest BCUT2D eigenvalue weighted by molar-refractivity contribution is 9.10. The van der Waals surface area contributed by atoms with Gasteiger partial charge in [0.05, 0.1) is 28.3 Å². The molecular weight excluding hydrogens is 613 g/mol. The Morgan fingerprint density at radius 1 is 1.13 bits per heavy atom. The van der Waals surface area contributed by atoms with Crippen LogP contribution in [0.2, 0.25) is 10.0 Å². The number of halogens is 3. The quantitative estimate of drug-likeness (QED) is 0.282. The Kier molecular flexibility index (Phi) is 8.16. The lowest BCUT2D eigenvalue weighted by Crippen LogP contribution is -2.39. The molecule has 1 atom stereocenters. The van der Waals surface area contributed by atoms with E-state index in [-0.39, 0.29) is 5.78 Å². The number of carbonyl (C=O) groups is 1. The molecule has 39 heavy (non-hydrogen) atoms. The number of allylic oxidation sites excluding steroid dienone is 3. The van der Waals surface area contributed by atoms with Crippen molar-refractivity contribution >= 4 is 62.4 Å². The number of nitriles is 1. The first-order valence-electron chi connectivity index (χ1n) is 12.6. The van der Waals surface area contributed by atoms with Crippen LogP contribution in [0.1, 0.15) is 47.4 Å². The molecule has 1 aliphatic carbocycles. The zero-order valence-corrected chi connectivity index (χ0v) is 25.4. The topological polar surface area (TPSA) is 70.1 Å². The third-order valence-electron chi connectivity index (χ3n) is 7.29. The van der Waals surface area contributed by atoms with Gasteiger partial charge in [0.1, 0.15) is 5.82 Å². The van der Waals surface area contributed by atoms with Crippen LogP contribution in [0.3, 0.4) is 0 Å². The predicted octanol–water partition coefficient (Wildman–Crippen LogP) is 8.97. The normalized spacial score (nSPS) is 17.4. The molecule has 0 amide bonds. The van der Waals surface area contributed by atoms with E-state index in [0.717, 1.165) is 49.4 Å². The number of nitrogens with two attached hydrogens (primary N) is 1. The average molecular weight is 639 g/mol. The van der Waals surface area contributed by atoms with Gasteiger partial charge in [-0.05, 0) is 89.6 Å². The van der Waals surface area contributed by atoms with Crippen LogP contribution in [0.4, 0.5) is 5.69 Å². The minimum atomic E-state index is -0.519. The zero-order chi connectivity index (χ0) is 27.8. The lowest BCUT2D eigenvalue weighted by Gasteiger charge is -2.40. The third kappa shape index (κ3) is 5.26. The van der Waals surface area contributed by atoms with Gasteiger partial charge in [0.2, 0.25) is 0 Å². The molecule has 0 aromatic heterocycles. The van der Waals surface area contributed by atoms with Gasteiger partial charge in [0.25, 0.3) is 0 Å². The van der Waals surface area contributed by atoms with Gasteiger partial charge in [-0.25, -0.2) is 0 Å². The Balaban J connectivity index is 1.65. The maximum atomic E-state index is 13.6. The molecule has 2 N–H and O–H groups in total. The number of rotatable bonds is 5. The first kappa shape index (κ1) is 27.9. The summed E-state index contributed by atoms with van der Waals surface area (Å²) in [5, 5.41) is 11.7. The molecule has 198 valence electrons. The van der Waals surface area contributed by atoms with E-state index < -0.39 is 5.92 Å². The second-order valence-corrected chi connectivity index (χ2v) is 12.5. The summed E-state index contributed by atoms with van der Waals surface area (Å²) in [7, 11) is 0. The van der Waals surface area contributed by atoms with Crippen molar-refractivity contribution in [1.29, 1.82) is 5.26 Å². The van der Waals surface area contributed by atoms with Crippen molar-refractivity contribution in [3.63, 3.8) is 0 Å². The van der Waals surface area contributed by atoms with Crippen LogP contribution >= 0.6 is 50.9 Å². The van der Waals surface area contributed by atoms with Gasteiger partial charge in [0.15, 0.2) is 5.78 Å². The van der Waals surface area contributed by atoms with Crippen LogP contribution in [0, 0.1) is 25.2 Å². The van der Waals surface area contributed by atoms with E-state index in [4.69, 9.17) is 28.9 Å². The maximum Gasteiger partial charge on any atom is 0.161 e. The Morgan fingerprint density at radius 2 is 1.90 bits per heavy atom. The van der Waals surface area contributed by atoms with Gasteiger partial charge in [-0.1, -0.05) is 53.0 Å². The number of benzene rings is 3. The first-order valence-corrected chi connectivity index (χ1v) is 15.1. The fourth-order valence-corrected chi connectivity index (χ4v) is 7.47. The van der Waals surface area contributed by atoms with Crippen LogP contribution in [-0.2, 0) is 10.5 Å². The second kappa shape index (κ2) is 11.4. The number of aryl methyl sites for hydroxylation is 1. The number of anilines is 1. The summed E-state index contributed by atoms with van der Waals surface area (Å²) in [6.45, 7) is 4.10. The molecule has 0 saturated heterocycles. The molecule has 1 unspecified atom stereocenters. The van der Waals surface area contributed by atoms with Crippen LogP contribution in [-0.4, -0.2) is 5.78 Å². The van der Waals surface area contributed by atoms with Crippen LogP contribution in [0.15, 0.2) is 86.6 Å². The fourth-order valence-electron chi connectivity index (χ4n) is 5.46. The van der Waals surface area contributed by atoms with Crippen LogP contribution < -0.4 is 10.6 Å². The number of thioether (sulfide) groups is 1. The Labute approximate surface area is 251 Å². The van der Waals surface area contributed by atoms with Gasteiger partial charge in [-0.15, -0.1) is 11.8 Å². The molecule has 0 saturated carbocycles. The summed E-state index contributed by atoms with van der Waals surface area (Å²) in [5.41, 5.74) is 13.7. The summed E-state index contributed by atoms with van der Waals surface area (Å²) in [5.74, 6) is 0.582. The van der Waals surface area contributed by atoms with Crippen molar-refractivity contribution in [3.8, 4) is 6.07 Å². The van der Waals surface area contributed by atoms with Crippen LogP contribution in [0.25, 0.3) is 0 Å². The molecule has 1 heterocycles. The number of ketones is 1. The molecule has 3 aromatic carbocycles. The highest BCUT2D eigenvalue weighted by atomic mass is 79.9. The van der Waals surface area contributed by atoms with Gasteiger partial charge in [-0.2, -0.15) is 5.26 Å². The van der Waals surface area contributed by atoms with Crippen molar-refractivity contribution in [2.75, 3.05) is 4.90 Å². The van der Waals surface area contributed by atoms with Gasteiger partial charge in [0, 0.05) is 37.8 Å². The standard InChI is InChI=1S/C31H26BrCl2N3OS/c1-17-12-19(16-39-28-14-20(33)10-11-24(28)34)18(2)21(13-17)29-22(15-35)31(36)37(25-7-4-3-6-23(25)32)26-8-5-9-27(38)30(26)29/h3-4,6-7,10-14,29H,5,8-9,16,36H2,1-2H3. The number of para-hydroxylation sites is 1. The molecule has 3 aromatic rings. The van der Waals surface area contributed by atoms with Crippen LogP contribution in [0.5, 0.6) is 0 Å². The largest absolute Gasteiger partial charge is 0.384 e. The first-order chi connectivity index (χ1) is 18.7. The molecule has 0 fully saturated rings. The Morgan fingerprint density at radius 3 is 2.64 bits per heavy atom. The van der Waals surface area contributed by atoms with E-state index in [1.807, 2.05) is 42.2 Å². The summed E-state index contributed by atoms with van der Waals surface area (Å²) < 4.78 is 0.847. The highest BCUT2D eigenvalue weighted by Gasteiger charge is 2.41. The van der Waals surface area contributed by atoms with E-state index in [1.54, 1.807) is 23.9 Å². The van der Waals surface area contributed by atoms with E-state index in [1.165, 1.54) is 0 Å². The fraction of sp³-hybridized carbons (Fsp3) is 0.226. The highest BCUT2D eigenvalue weighted by Crippen LogP contribution is 2.48. The molecule has 0 spiro atoms. The number of carbonyl (C=O) groups excluding carboxylic acids is 1. The molecule has 2 aliphatic rings. The summed E-state index contributed by atoms with van der Waals surface area (Å²) in [6.07, 6.45) is 1.91. The molecule has 0 radical (unpaired) electrons. The zero-order valence-electron chi connectivity index (χ0n) is 21.5. The SMILES string of the molecule is Cc1cc(CSc2cc(Cl)ccc2Cl)c(C)c(C2C(C#N)=C(N)N(c3ccccc3Br)C3=C2C(=O)CCC3)c1. The van der Waals surface area contributed by atoms with Crippen molar-refractivity contribution in [2.24, 2.45) is 5.73 Å². The average Bonchev–Trinajstić information content (AvgIpc) is 2.91. The second-order valence-electron chi connectivity index (χ2n) is 9.77. The molecular formula is C31H26BrCl2N3OS. The molecule has 1 aliphatic heterocycles. The van der Waals surface area contributed by atoms with E-state index >= 15 is 0 Å². The third-order valence-corrected chi connectivity index (χ3v) is 9.75. The van der Waals surface area contributed by atoms with Crippen molar-refractivity contribution < 1.29 is 4.79 Å². The molecule has 8 heteroatoms. The molecule has 5 rings (SSSR count). The smallest absolute Gasteiger partial charge is 0.161 e. The van der Waals surface area contributed by atoms with E-state index in [0.29, 0.717) is 45.6 Å². The summed E-state index contributed by atoms with van der Waals surface area (Å²) in [6, 6.07) is 19.8. The number of hydrogen-bond donors (Lipinski definition) is 1. The summed E-state index contributed by atoms with van der Waals surface area (Å²) >= 11 is 17.9. The van der Waals surface area contributed by atoms with Gasteiger partial charge >= 0.3 is 0 Å². The number of nitrogens with zero attached hydrogens (tertiary/aromatic N) is 2.